The molecule has 60 valence electrons. The number of halogens is 2. The second-order valence-corrected chi connectivity index (χ2v) is 1.99. The van der Waals surface area contributed by atoms with E-state index >= 15 is 0 Å². The molecular weight excluding hydrogens is 163 g/mol. The molecule has 2 nitrogen and oxygen atoms in total. The smallest absolute Gasteiger partial charge is 0.0967 e. The molecular formula is C5H14Cl2O2. The summed E-state index contributed by atoms with van der Waals surface area (Å²) in [6.45, 7) is 2.40. The van der Waals surface area contributed by atoms with Crippen molar-refractivity contribution in [3.8, 4) is 0 Å². The minimum atomic E-state index is 0. The summed E-state index contributed by atoms with van der Waals surface area (Å²) in [5.41, 5.74) is 0. The molecule has 0 fully saturated rings. The lowest BCUT2D eigenvalue weighted by Gasteiger charge is -1.79. The van der Waals surface area contributed by atoms with Crippen LogP contribution in [-0.4, -0.2) is 22.5 Å². The Bertz CT molecular complexity index is 26.9. The third-order valence-corrected chi connectivity index (χ3v) is 0.512. The molecule has 3 N–H and O–H groups in total. The molecule has 0 aromatic heterocycles. The molecule has 0 amide bonds. The number of alkyl halides is 2. The highest BCUT2D eigenvalue weighted by molar-refractivity contribution is 6.40. The summed E-state index contributed by atoms with van der Waals surface area (Å²) in [4.78, 5) is 0. The first-order chi connectivity index (χ1) is 3.83. The zero-order chi connectivity index (χ0) is 6.83. The number of hydrogen-bond acceptors (Lipinski definition) is 1. The Morgan fingerprint density at radius 2 is 1.67 bits per heavy atom. The fourth-order valence-corrected chi connectivity index (χ4v) is 0.158. The van der Waals surface area contributed by atoms with Crippen LogP contribution in [0.3, 0.4) is 0 Å². The van der Waals surface area contributed by atoms with E-state index in [4.69, 9.17) is 28.3 Å². The largest absolute Gasteiger partial charge is 0.412 e. The standard InChI is InChI=1S/C4H10O.CH2Cl2.H2O/c1-2-3-4-5;2-1-3;/h5H,2-4H2,1H3;1H2;1H2. The lowest BCUT2D eigenvalue weighted by molar-refractivity contribution is 0.287. The monoisotopic (exact) mass is 176 g/mol. The van der Waals surface area contributed by atoms with E-state index in [1.807, 2.05) is 0 Å². The molecule has 0 aromatic carbocycles. The van der Waals surface area contributed by atoms with Crippen molar-refractivity contribution in [3.05, 3.63) is 0 Å². The second kappa shape index (κ2) is 23.6. The Balaban J connectivity index is -0.0000000800. The number of aliphatic hydroxyl groups excluding tert-OH is 1. The summed E-state index contributed by atoms with van der Waals surface area (Å²) in [5, 5.41) is 8.26. The Labute approximate surface area is 66.1 Å². The third-order valence-electron chi connectivity index (χ3n) is 0.512. The van der Waals surface area contributed by atoms with Gasteiger partial charge in [0.15, 0.2) is 0 Å². The molecule has 0 unspecified atom stereocenters. The van der Waals surface area contributed by atoms with Gasteiger partial charge in [0.25, 0.3) is 0 Å². The van der Waals surface area contributed by atoms with Gasteiger partial charge in [0.2, 0.25) is 0 Å². The Hall–Kier alpha value is 0.500. The number of rotatable bonds is 2. The van der Waals surface area contributed by atoms with E-state index in [-0.39, 0.29) is 10.8 Å². The first kappa shape index (κ1) is 16.2. The molecule has 9 heavy (non-hydrogen) atoms. The topological polar surface area (TPSA) is 51.7 Å². The summed E-state index contributed by atoms with van der Waals surface area (Å²) in [6.07, 6.45) is 2.04. The van der Waals surface area contributed by atoms with Crippen LogP contribution in [-0.2, 0) is 0 Å². The molecule has 0 heterocycles. The summed E-state index contributed by atoms with van der Waals surface area (Å²) in [7, 11) is 0. The molecule has 0 spiro atoms. The molecule has 0 aromatic rings. The van der Waals surface area contributed by atoms with Gasteiger partial charge in [-0.05, 0) is 6.42 Å². The molecule has 0 radical (unpaired) electrons. The van der Waals surface area contributed by atoms with Crippen molar-refractivity contribution in [3.63, 3.8) is 0 Å². The van der Waals surface area contributed by atoms with E-state index in [0.29, 0.717) is 6.61 Å². The molecule has 0 aliphatic carbocycles. The SMILES string of the molecule is CCCCO.ClCCl.O. The maximum atomic E-state index is 8.07. The van der Waals surface area contributed by atoms with Crippen LogP contribution in [0, 0.1) is 0 Å². The van der Waals surface area contributed by atoms with Crippen LogP contribution < -0.4 is 0 Å². The summed E-state index contributed by atoms with van der Waals surface area (Å²) < 4.78 is 0. The van der Waals surface area contributed by atoms with Crippen LogP contribution in [0.4, 0.5) is 0 Å². The molecule has 0 rings (SSSR count). The lowest BCUT2D eigenvalue weighted by atomic mass is 10.4. The predicted molar refractivity (Wildman–Crippen MR) is 42.2 cm³/mol. The van der Waals surface area contributed by atoms with Gasteiger partial charge in [-0.25, -0.2) is 0 Å². The summed E-state index contributed by atoms with van der Waals surface area (Å²) in [5.74, 6) is 0. The van der Waals surface area contributed by atoms with Crippen molar-refractivity contribution in [2.24, 2.45) is 0 Å². The highest BCUT2D eigenvalue weighted by atomic mass is 35.5. The number of unbranched alkanes of at least 4 members (excludes halogenated alkanes) is 1. The fraction of sp³-hybridized carbons (Fsp3) is 1.00. The van der Waals surface area contributed by atoms with E-state index < -0.39 is 0 Å². The average molecular weight is 177 g/mol. The molecule has 4 heteroatoms. The highest BCUT2D eigenvalue weighted by Crippen LogP contribution is 1.78. The fourth-order valence-electron chi connectivity index (χ4n) is 0.158. The molecule has 0 aliphatic rings. The Morgan fingerprint density at radius 3 is 1.67 bits per heavy atom. The van der Waals surface area contributed by atoms with Gasteiger partial charge >= 0.3 is 0 Å². The van der Waals surface area contributed by atoms with E-state index in [2.05, 4.69) is 6.92 Å². The third kappa shape index (κ3) is 57.5. The molecule has 0 saturated heterocycles. The van der Waals surface area contributed by atoms with Gasteiger partial charge in [0.05, 0.1) is 5.34 Å². The predicted octanol–water partition coefficient (Wildman–Crippen LogP) is 1.38. The minimum Gasteiger partial charge on any atom is -0.412 e. The number of hydrogen-bond donors (Lipinski definition) is 1. The zero-order valence-corrected chi connectivity index (χ0v) is 7.04. The lowest BCUT2D eigenvalue weighted by Crippen LogP contribution is -1.75. The van der Waals surface area contributed by atoms with Crippen molar-refractivity contribution in [1.82, 2.24) is 0 Å². The van der Waals surface area contributed by atoms with Gasteiger partial charge < -0.3 is 10.6 Å². The number of aliphatic hydroxyl groups is 1. The van der Waals surface area contributed by atoms with Crippen molar-refractivity contribution in [2.75, 3.05) is 11.9 Å². The average Bonchev–Trinajstić information content (AvgIpc) is 1.71. The maximum Gasteiger partial charge on any atom is 0.0967 e. The van der Waals surface area contributed by atoms with Gasteiger partial charge in [0, 0.05) is 6.61 Å². The van der Waals surface area contributed by atoms with Gasteiger partial charge in [-0.2, -0.15) is 0 Å². The van der Waals surface area contributed by atoms with E-state index in [9.17, 15) is 0 Å². The van der Waals surface area contributed by atoms with E-state index in [0.717, 1.165) is 12.8 Å². The highest BCUT2D eigenvalue weighted by Gasteiger charge is 1.69. The Morgan fingerprint density at radius 1 is 1.33 bits per heavy atom. The van der Waals surface area contributed by atoms with Crippen molar-refractivity contribution in [2.45, 2.75) is 19.8 Å². The van der Waals surface area contributed by atoms with Gasteiger partial charge in [-0.3, -0.25) is 0 Å². The van der Waals surface area contributed by atoms with Gasteiger partial charge in [-0.15, -0.1) is 23.2 Å². The molecule has 0 saturated carbocycles. The normalized spacial score (nSPS) is 6.67. The maximum absolute atomic E-state index is 8.07. The molecule has 0 aliphatic heterocycles. The van der Waals surface area contributed by atoms with Crippen molar-refractivity contribution >= 4 is 23.2 Å². The minimum absolute atomic E-state index is 0. The first-order valence-electron chi connectivity index (χ1n) is 2.56. The first-order valence-corrected chi connectivity index (χ1v) is 3.63. The van der Waals surface area contributed by atoms with Gasteiger partial charge in [-0.1, -0.05) is 13.3 Å². The van der Waals surface area contributed by atoms with Crippen molar-refractivity contribution < 1.29 is 10.6 Å². The van der Waals surface area contributed by atoms with Crippen LogP contribution in [0.5, 0.6) is 0 Å². The van der Waals surface area contributed by atoms with Crippen LogP contribution in [0.25, 0.3) is 0 Å². The van der Waals surface area contributed by atoms with Crippen LogP contribution in [0.15, 0.2) is 0 Å². The summed E-state index contributed by atoms with van der Waals surface area (Å²) in [6, 6.07) is 0. The van der Waals surface area contributed by atoms with Crippen molar-refractivity contribution in [1.29, 1.82) is 0 Å². The molecule has 0 atom stereocenters. The van der Waals surface area contributed by atoms with Crippen LogP contribution in [0.1, 0.15) is 19.8 Å². The van der Waals surface area contributed by atoms with Gasteiger partial charge in [0.1, 0.15) is 0 Å². The van der Waals surface area contributed by atoms with E-state index in [1.165, 1.54) is 0 Å². The van der Waals surface area contributed by atoms with Crippen LogP contribution in [0.2, 0.25) is 0 Å². The second-order valence-electron chi connectivity index (χ2n) is 1.18. The quantitative estimate of drug-likeness (QED) is 0.636. The van der Waals surface area contributed by atoms with Crippen LogP contribution >= 0.6 is 23.2 Å². The summed E-state index contributed by atoms with van der Waals surface area (Å²) >= 11 is 9.53. The zero-order valence-electron chi connectivity index (χ0n) is 5.53. The molecule has 0 bridgehead atoms. The Kier molecular flexibility index (Phi) is 42.6. The van der Waals surface area contributed by atoms with E-state index in [1.54, 1.807) is 0 Å².